The SMILES string of the molecule is C1=CC[C]([Zr]([O]c2ccccc2)[C]2=CC=CC2)=C1. The monoisotopic (exact) mass is 313 g/mol. The van der Waals surface area contributed by atoms with E-state index in [9.17, 15) is 0 Å². The van der Waals surface area contributed by atoms with Crippen LogP contribution in [0.3, 0.4) is 0 Å². The minimum atomic E-state index is -2.11. The molecule has 3 rings (SSSR count). The Kier molecular flexibility index (Phi) is 3.76. The first-order valence-corrected chi connectivity index (χ1v) is 9.71. The van der Waals surface area contributed by atoms with Crippen molar-refractivity contribution in [2.75, 3.05) is 0 Å². The molecule has 0 radical (unpaired) electrons. The number of hydrogen-bond donors (Lipinski definition) is 0. The first-order chi connectivity index (χ1) is 8.93. The van der Waals surface area contributed by atoms with E-state index in [4.69, 9.17) is 2.81 Å². The molecule has 0 fully saturated rings. The van der Waals surface area contributed by atoms with Crippen molar-refractivity contribution in [3.63, 3.8) is 0 Å². The normalized spacial score (nSPS) is 16.7. The van der Waals surface area contributed by atoms with Crippen molar-refractivity contribution in [2.24, 2.45) is 0 Å². The van der Waals surface area contributed by atoms with Gasteiger partial charge in [-0.15, -0.1) is 0 Å². The molecular weight excluding hydrogens is 299 g/mol. The molecule has 2 heteroatoms. The summed E-state index contributed by atoms with van der Waals surface area (Å²) >= 11 is -2.11. The van der Waals surface area contributed by atoms with Crippen molar-refractivity contribution in [2.45, 2.75) is 12.8 Å². The fraction of sp³-hybridized carbons (Fsp3) is 0.125. The van der Waals surface area contributed by atoms with Gasteiger partial charge < -0.3 is 0 Å². The van der Waals surface area contributed by atoms with Crippen molar-refractivity contribution < 1.29 is 25.0 Å². The molecule has 0 spiro atoms. The molecule has 0 saturated heterocycles. The van der Waals surface area contributed by atoms with E-state index in [0.29, 0.717) is 0 Å². The molecule has 0 amide bonds. The van der Waals surface area contributed by atoms with Crippen molar-refractivity contribution >= 4 is 0 Å². The van der Waals surface area contributed by atoms with E-state index in [0.717, 1.165) is 18.6 Å². The van der Waals surface area contributed by atoms with Gasteiger partial charge in [0, 0.05) is 0 Å². The van der Waals surface area contributed by atoms with Gasteiger partial charge in [0.2, 0.25) is 0 Å². The Morgan fingerprint density at radius 1 is 0.833 bits per heavy atom. The number of rotatable bonds is 4. The summed E-state index contributed by atoms with van der Waals surface area (Å²) in [6.45, 7) is 0. The molecule has 0 heterocycles. The van der Waals surface area contributed by atoms with Gasteiger partial charge in [0.05, 0.1) is 0 Å². The molecule has 0 aromatic heterocycles. The summed E-state index contributed by atoms with van der Waals surface area (Å²) in [4.78, 5) is 0. The van der Waals surface area contributed by atoms with Crippen LogP contribution in [-0.4, -0.2) is 0 Å². The van der Waals surface area contributed by atoms with Gasteiger partial charge in [-0.2, -0.15) is 0 Å². The van der Waals surface area contributed by atoms with Crippen LogP contribution in [0, 0.1) is 0 Å². The molecule has 0 aliphatic heterocycles. The summed E-state index contributed by atoms with van der Waals surface area (Å²) in [6, 6.07) is 10.2. The van der Waals surface area contributed by atoms with Crippen LogP contribution in [0.2, 0.25) is 0 Å². The summed E-state index contributed by atoms with van der Waals surface area (Å²) in [5.41, 5.74) is 0. The molecule has 89 valence electrons. The van der Waals surface area contributed by atoms with Crippen molar-refractivity contribution in [3.8, 4) is 5.75 Å². The molecule has 1 nitrogen and oxygen atoms in total. The number of para-hydroxylation sites is 1. The van der Waals surface area contributed by atoms with Gasteiger partial charge >= 0.3 is 117 Å². The molecule has 1 aromatic rings. The molecule has 18 heavy (non-hydrogen) atoms. The van der Waals surface area contributed by atoms with Gasteiger partial charge in [-0.25, -0.2) is 0 Å². The van der Waals surface area contributed by atoms with Crippen LogP contribution in [0.15, 0.2) is 73.3 Å². The molecule has 2 aliphatic carbocycles. The van der Waals surface area contributed by atoms with Crippen molar-refractivity contribution in [1.29, 1.82) is 0 Å². The summed E-state index contributed by atoms with van der Waals surface area (Å²) < 4.78 is 9.44. The van der Waals surface area contributed by atoms with Crippen LogP contribution in [0.25, 0.3) is 0 Å². The zero-order valence-corrected chi connectivity index (χ0v) is 12.6. The van der Waals surface area contributed by atoms with Gasteiger partial charge in [0.15, 0.2) is 0 Å². The summed E-state index contributed by atoms with van der Waals surface area (Å²) in [5.74, 6) is 1.02. The Hall–Kier alpha value is -1.14. The van der Waals surface area contributed by atoms with Gasteiger partial charge in [-0.05, 0) is 0 Å². The second-order valence-electron chi connectivity index (χ2n) is 4.39. The summed E-state index contributed by atoms with van der Waals surface area (Å²) in [7, 11) is 0. The summed E-state index contributed by atoms with van der Waals surface area (Å²) in [5, 5.41) is 0. The predicted octanol–water partition coefficient (Wildman–Crippen LogP) is 4.29. The Balaban J connectivity index is 1.82. The first kappa shape index (κ1) is 11.9. The second kappa shape index (κ2) is 5.67. The molecule has 0 unspecified atom stereocenters. The van der Waals surface area contributed by atoms with Crippen LogP contribution >= 0.6 is 0 Å². The van der Waals surface area contributed by atoms with E-state index in [1.54, 1.807) is 0 Å². The standard InChI is InChI=1S/C6H6O.2C5H5.Zr/c7-6-4-2-1-3-5-6;2*1-2-4-5-3-1;/h1-5,7H;2*1-3H,4H2;/q;;;+1/p-1. The third-order valence-electron chi connectivity index (χ3n) is 3.09. The zero-order valence-electron chi connectivity index (χ0n) is 10.2. The summed E-state index contributed by atoms with van der Waals surface area (Å²) in [6.07, 6.45) is 15.5. The van der Waals surface area contributed by atoms with E-state index < -0.39 is 22.2 Å². The Bertz CT molecular complexity index is 507. The second-order valence-corrected chi connectivity index (χ2v) is 9.67. The van der Waals surface area contributed by atoms with Crippen LogP contribution in [0.1, 0.15) is 12.8 Å². The quantitative estimate of drug-likeness (QED) is 0.806. The minimum absolute atomic E-state index is 1.02. The maximum absolute atomic E-state index is 6.36. The Labute approximate surface area is 116 Å². The fourth-order valence-corrected chi connectivity index (χ4v) is 7.46. The molecule has 0 bridgehead atoms. The van der Waals surface area contributed by atoms with Crippen LogP contribution in [-0.2, 0) is 22.2 Å². The van der Waals surface area contributed by atoms with E-state index in [-0.39, 0.29) is 0 Å². The van der Waals surface area contributed by atoms with Crippen molar-refractivity contribution in [1.82, 2.24) is 0 Å². The topological polar surface area (TPSA) is 9.23 Å². The molecule has 1 aromatic carbocycles. The van der Waals surface area contributed by atoms with Gasteiger partial charge in [0.1, 0.15) is 0 Å². The number of allylic oxidation sites excluding steroid dienone is 8. The van der Waals surface area contributed by atoms with Crippen molar-refractivity contribution in [3.05, 3.63) is 73.3 Å². The van der Waals surface area contributed by atoms with E-state index in [2.05, 4.69) is 48.6 Å². The zero-order chi connectivity index (χ0) is 12.2. The average Bonchev–Trinajstić information content (AvgIpc) is 3.11. The van der Waals surface area contributed by atoms with E-state index in [1.165, 1.54) is 6.56 Å². The molecule has 0 saturated carbocycles. The average molecular weight is 315 g/mol. The molecule has 2 aliphatic rings. The Morgan fingerprint density at radius 3 is 1.94 bits per heavy atom. The predicted molar refractivity (Wildman–Crippen MR) is 70.8 cm³/mol. The Morgan fingerprint density at radius 2 is 1.44 bits per heavy atom. The third kappa shape index (κ3) is 2.64. The molecule has 0 atom stereocenters. The maximum atomic E-state index is 6.36. The molecular formula is C16H15OZr. The van der Waals surface area contributed by atoms with Gasteiger partial charge in [-0.3, -0.25) is 0 Å². The van der Waals surface area contributed by atoms with Crippen LogP contribution in [0.4, 0.5) is 0 Å². The van der Waals surface area contributed by atoms with Gasteiger partial charge in [0.25, 0.3) is 0 Å². The van der Waals surface area contributed by atoms with Crippen LogP contribution in [0.5, 0.6) is 5.75 Å². The first-order valence-electron chi connectivity index (χ1n) is 6.25. The number of benzene rings is 1. The number of hydrogen-bond acceptors (Lipinski definition) is 1. The van der Waals surface area contributed by atoms with E-state index in [1.807, 2.05) is 18.2 Å². The fourth-order valence-electron chi connectivity index (χ4n) is 2.17. The van der Waals surface area contributed by atoms with Crippen LogP contribution < -0.4 is 2.81 Å². The van der Waals surface area contributed by atoms with Gasteiger partial charge in [-0.1, -0.05) is 0 Å². The third-order valence-corrected chi connectivity index (χ3v) is 8.86. The van der Waals surface area contributed by atoms with E-state index >= 15 is 0 Å². The molecule has 0 N–H and O–H groups in total.